The third-order valence-electron chi connectivity index (χ3n) is 5.18. The van der Waals surface area contributed by atoms with Gasteiger partial charge in [0.1, 0.15) is 6.04 Å². The Bertz CT molecular complexity index is 959. The van der Waals surface area contributed by atoms with Crippen molar-refractivity contribution in [3.8, 4) is 0 Å². The van der Waals surface area contributed by atoms with Crippen LogP contribution < -0.4 is 5.32 Å². The molecule has 2 atom stereocenters. The summed E-state index contributed by atoms with van der Waals surface area (Å²) in [7, 11) is 0. The fourth-order valence-electron chi connectivity index (χ4n) is 3.40. The number of nitrogens with one attached hydrogen (secondary N) is 2. The number of para-hydroxylation sites is 1. The Morgan fingerprint density at radius 2 is 1.82 bits per heavy atom. The summed E-state index contributed by atoms with van der Waals surface area (Å²) in [5.41, 5.74) is 4.23. The minimum atomic E-state index is -1.02. The summed E-state index contributed by atoms with van der Waals surface area (Å²) < 4.78 is 0. The number of rotatable bonds is 8. The number of aromatic amines is 1. The molecule has 0 radical (unpaired) electrons. The average molecular weight is 378 g/mol. The topological polar surface area (TPSA) is 82.2 Å². The van der Waals surface area contributed by atoms with Crippen molar-refractivity contribution in [3.63, 3.8) is 0 Å². The van der Waals surface area contributed by atoms with Crippen LogP contribution in [0.4, 0.5) is 0 Å². The molecule has 3 N–H and O–H groups in total. The summed E-state index contributed by atoms with van der Waals surface area (Å²) in [6.07, 6.45) is 3.03. The SMILES string of the molecule is Cc1ccc([C@H](C)CCC(=O)N[C@@H](Cc2c[nH]c3ccccc23)C(=O)O)cc1. The molecule has 2 aromatic carbocycles. The zero-order valence-electron chi connectivity index (χ0n) is 16.2. The Morgan fingerprint density at radius 1 is 1.11 bits per heavy atom. The van der Waals surface area contributed by atoms with E-state index in [0.29, 0.717) is 12.8 Å². The van der Waals surface area contributed by atoms with Crippen LogP contribution in [0.1, 0.15) is 42.4 Å². The molecule has 0 aliphatic rings. The molecule has 1 amide bonds. The summed E-state index contributed by atoms with van der Waals surface area (Å²) >= 11 is 0. The Balaban J connectivity index is 1.58. The van der Waals surface area contributed by atoms with Crippen molar-refractivity contribution in [2.24, 2.45) is 0 Å². The number of hydrogen-bond acceptors (Lipinski definition) is 2. The Morgan fingerprint density at radius 3 is 2.54 bits per heavy atom. The Kier molecular flexibility index (Phi) is 6.14. The molecule has 0 aliphatic heterocycles. The van der Waals surface area contributed by atoms with Crippen LogP contribution in [0.15, 0.2) is 54.7 Å². The molecule has 0 aliphatic carbocycles. The van der Waals surface area contributed by atoms with Crippen LogP contribution in [0.2, 0.25) is 0 Å². The fourth-order valence-corrected chi connectivity index (χ4v) is 3.40. The summed E-state index contributed by atoms with van der Waals surface area (Å²) in [6, 6.07) is 15.1. The predicted octanol–water partition coefficient (Wildman–Crippen LogP) is 4.17. The van der Waals surface area contributed by atoms with E-state index >= 15 is 0 Å². The van der Waals surface area contributed by atoms with Gasteiger partial charge in [0, 0.05) is 29.9 Å². The van der Waals surface area contributed by atoms with Gasteiger partial charge in [0.25, 0.3) is 0 Å². The number of H-pyrrole nitrogens is 1. The van der Waals surface area contributed by atoms with Crippen LogP contribution >= 0.6 is 0 Å². The molecule has 1 aromatic heterocycles. The third kappa shape index (κ3) is 4.80. The average Bonchev–Trinajstić information content (AvgIpc) is 3.09. The summed E-state index contributed by atoms with van der Waals surface area (Å²) in [5, 5.41) is 13.2. The number of aromatic nitrogens is 1. The number of aliphatic carboxylic acids is 1. The normalized spacial score (nSPS) is 13.2. The van der Waals surface area contributed by atoms with Crippen molar-refractivity contribution in [2.45, 2.75) is 45.1 Å². The first-order chi connectivity index (χ1) is 13.4. The molecule has 0 spiro atoms. The van der Waals surface area contributed by atoms with Gasteiger partial charge in [0.2, 0.25) is 5.91 Å². The minimum Gasteiger partial charge on any atom is -0.480 e. The molecule has 0 unspecified atom stereocenters. The van der Waals surface area contributed by atoms with Crippen LogP contribution in [-0.4, -0.2) is 28.0 Å². The molecule has 28 heavy (non-hydrogen) atoms. The second-order valence-electron chi connectivity index (χ2n) is 7.37. The molecule has 146 valence electrons. The molecule has 0 bridgehead atoms. The van der Waals surface area contributed by atoms with Crippen molar-refractivity contribution >= 4 is 22.8 Å². The summed E-state index contributed by atoms with van der Waals surface area (Å²) in [5.74, 6) is -1.01. The Labute approximate surface area is 164 Å². The van der Waals surface area contributed by atoms with E-state index in [0.717, 1.165) is 16.5 Å². The third-order valence-corrected chi connectivity index (χ3v) is 5.18. The summed E-state index contributed by atoms with van der Waals surface area (Å²) in [6.45, 7) is 4.13. The molecule has 0 saturated heterocycles. The maximum Gasteiger partial charge on any atom is 0.326 e. The highest BCUT2D eigenvalue weighted by Crippen LogP contribution is 2.22. The van der Waals surface area contributed by atoms with Crippen molar-refractivity contribution in [1.82, 2.24) is 10.3 Å². The zero-order valence-corrected chi connectivity index (χ0v) is 16.2. The molecule has 5 nitrogen and oxygen atoms in total. The highest BCUT2D eigenvalue weighted by Gasteiger charge is 2.22. The van der Waals surface area contributed by atoms with Crippen molar-refractivity contribution < 1.29 is 14.7 Å². The molecule has 0 saturated carbocycles. The van der Waals surface area contributed by atoms with Crippen molar-refractivity contribution in [3.05, 3.63) is 71.4 Å². The van der Waals surface area contributed by atoms with Gasteiger partial charge in [0.15, 0.2) is 0 Å². The van der Waals surface area contributed by atoms with Gasteiger partial charge in [-0.15, -0.1) is 0 Å². The van der Waals surface area contributed by atoms with E-state index in [1.165, 1.54) is 11.1 Å². The maximum atomic E-state index is 12.4. The highest BCUT2D eigenvalue weighted by atomic mass is 16.4. The first-order valence-corrected chi connectivity index (χ1v) is 9.57. The lowest BCUT2D eigenvalue weighted by Gasteiger charge is -2.16. The van der Waals surface area contributed by atoms with Gasteiger partial charge in [-0.3, -0.25) is 4.79 Å². The lowest BCUT2D eigenvalue weighted by Crippen LogP contribution is -2.42. The van der Waals surface area contributed by atoms with Crippen LogP contribution in [0.3, 0.4) is 0 Å². The number of carbonyl (C=O) groups is 2. The van der Waals surface area contributed by atoms with Gasteiger partial charge < -0.3 is 15.4 Å². The largest absolute Gasteiger partial charge is 0.480 e. The highest BCUT2D eigenvalue weighted by molar-refractivity contribution is 5.86. The molecule has 3 aromatic rings. The van der Waals surface area contributed by atoms with Crippen LogP contribution in [0, 0.1) is 6.92 Å². The summed E-state index contributed by atoms with van der Waals surface area (Å²) in [4.78, 5) is 27.2. The standard InChI is InChI=1S/C23H26N2O3/c1-15-7-10-17(11-8-15)16(2)9-12-22(26)25-21(23(27)28)13-18-14-24-20-6-4-3-5-19(18)20/h3-8,10-11,14,16,21,24H,9,12-13H2,1-2H3,(H,25,26)(H,27,28)/t16-,21+/m1/s1. The number of benzene rings is 2. The van der Waals surface area contributed by atoms with Crippen LogP contribution in [0.25, 0.3) is 10.9 Å². The van der Waals surface area contributed by atoms with Crippen LogP contribution in [-0.2, 0) is 16.0 Å². The number of carbonyl (C=O) groups excluding carboxylic acids is 1. The molecule has 5 heteroatoms. The second kappa shape index (κ2) is 8.74. The number of carboxylic acids is 1. The van der Waals surface area contributed by atoms with E-state index in [-0.39, 0.29) is 18.2 Å². The number of fused-ring (bicyclic) bond motifs is 1. The fraction of sp³-hybridized carbons (Fsp3) is 0.304. The molecule has 1 heterocycles. The van der Waals surface area contributed by atoms with E-state index < -0.39 is 12.0 Å². The van der Waals surface area contributed by atoms with E-state index in [9.17, 15) is 14.7 Å². The van der Waals surface area contributed by atoms with Crippen molar-refractivity contribution in [2.75, 3.05) is 0 Å². The number of hydrogen-bond donors (Lipinski definition) is 3. The van der Waals surface area contributed by atoms with E-state index in [2.05, 4.69) is 41.5 Å². The van der Waals surface area contributed by atoms with Crippen molar-refractivity contribution in [1.29, 1.82) is 0 Å². The predicted molar refractivity (Wildman–Crippen MR) is 110 cm³/mol. The molecular formula is C23H26N2O3. The lowest BCUT2D eigenvalue weighted by atomic mass is 9.95. The van der Waals surface area contributed by atoms with Gasteiger partial charge in [-0.2, -0.15) is 0 Å². The second-order valence-corrected chi connectivity index (χ2v) is 7.37. The van der Waals surface area contributed by atoms with Gasteiger partial charge in [-0.1, -0.05) is 55.0 Å². The van der Waals surface area contributed by atoms with E-state index in [1.54, 1.807) is 0 Å². The first kappa shape index (κ1) is 19.7. The minimum absolute atomic E-state index is 0.230. The zero-order chi connectivity index (χ0) is 20.1. The first-order valence-electron chi connectivity index (χ1n) is 9.57. The van der Waals surface area contributed by atoms with Gasteiger partial charge >= 0.3 is 5.97 Å². The molecule has 0 fully saturated rings. The quantitative estimate of drug-likeness (QED) is 0.550. The molecule has 3 rings (SSSR count). The molecular weight excluding hydrogens is 352 g/mol. The van der Waals surface area contributed by atoms with Gasteiger partial charge in [0.05, 0.1) is 0 Å². The number of carboxylic acid groups (broad SMARTS) is 1. The monoisotopic (exact) mass is 378 g/mol. The maximum absolute atomic E-state index is 12.4. The smallest absolute Gasteiger partial charge is 0.326 e. The van der Waals surface area contributed by atoms with Crippen LogP contribution in [0.5, 0.6) is 0 Å². The number of amides is 1. The number of aryl methyl sites for hydroxylation is 1. The Hall–Kier alpha value is -3.08. The lowest BCUT2D eigenvalue weighted by molar-refractivity contribution is -0.141. The van der Waals surface area contributed by atoms with E-state index in [1.807, 2.05) is 37.4 Å². The van der Waals surface area contributed by atoms with E-state index in [4.69, 9.17) is 0 Å². The van der Waals surface area contributed by atoms with Gasteiger partial charge in [-0.05, 0) is 36.5 Å². The van der Waals surface area contributed by atoms with Gasteiger partial charge in [-0.25, -0.2) is 4.79 Å².